The summed E-state index contributed by atoms with van der Waals surface area (Å²) < 4.78 is 0. The molecule has 1 aromatic carbocycles. The van der Waals surface area contributed by atoms with Crippen molar-refractivity contribution in [1.29, 1.82) is 0 Å². The highest BCUT2D eigenvalue weighted by Crippen LogP contribution is 2.40. The molecule has 1 unspecified atom stereocenters. The van der Waals surface area contributed by atoms with E-state index in [0.717, 1.165) is 18.4 Å². The Morgan fingerprint density at radius 2 is 2.00 bits per heavy atom. The van der Waals surface area contributed by atoms with Gasteiger partial charge in [0.05, 0.1) is 5.60 Å². The van der Waals surface area contributed by atoms with E-state index in [9.17, 15) is 9.90 Å². The quantitative estimate of drug-likeness (QED) is 0.812. The Bertz CT molecular complexity index is 415. The maximum Gasteiger partial charge on any atom is 0.159 e. The molecule has 0 aliphatic heterocycles. The third-order valence-electron chi connectivity index (χ3n) is 4.00. The molecule has 1 aliphatic carbocycles. The Hall–Kier alpha value is -1.15. The number of benzene rings is 1. The van der Waals surface area contributed by atoms with E-state index in [1.165, 1.54) is 12.8 Å². The molecule has 2 nitrogen and oxygen atoms in total. The van der Waals surface area contributed by atoms with E-state index in [2.05, 4.69) is 0 Å². The number of aliphatic hydroxyl groups is 1. The van der Waals surface area contributed by atoms with E-state index < -0.39 is 5.60 Å². The molecule has 0 heterocycles. The fourth-order valence-corrected chi connectivity index (χ4v) is 2.78. The van der Waals surface area contributed by atoms with E-state index in [1.54, 1.807) is 13.0 Å². The molecule has 0 saturated heterocycles. The largest absolute Gasteiger partial charge is 0.385 e. The molecule has 92 valence electrons. The van der Waals surface area contributed by atoms with Crippen LogP contribution in [-0.4, -0.2) is 10.9 Å². The van der Waals surface area contributed by atoms with Crippen molar-refractivity contribution in [3.8, 4) is 0 Å². The van der Waals surface area contributed by atoms with Crippen LogP contribution in [0.25, 0.3) is 0 Å². The van der Waals surface area contributed by atoms with Gasteiger partial charge in [-0.05, 0) is 44.2 Å². The van der Waals surface area contributed by atoms with Gasteiger partial charge >= 0.3 is 0 Å². The molecule has 1 fully saturated rings. The standard InChI is InChI=1S/C15H20O2/c1-11(16)12-6-5-9-14(10-12)15(2,17)13-7-3-4-8-13/h5-6,9-10,13,17H,3-4,7-8H2,1-2H3. The topological polar surface area (TPSA) is 37.3 Å². The Balaban J connectivity index is 2.31. The van der Waals surface area contributed by atoms with Crippen molar-refractivity contribution in [3.63, 3.8) is 0 Å². The lowest BCUT2D eigenvalue weighted by Crippen LogP contribution is -2.30. The second-order valence-corrected chi connectivity index (χ2v) is 5.27. The van der Waals surface area contributed by atoms with Crippen LogP contribution >= 0.6 is 0 Å². The lowest BCUT2D eigenvalue weighted by atomic mass is 9.81. The predicted molar refractivity (Wildman–Crippen MR) is 68.0 cm³/mol. The number of hydrogen-bond acceptors (Lipinski definition) is 2. The van der Waals surface area contributed by atoms with Gasteiger partial charge in [0, 0.05) is 5.56 Å². The molecule has 1 N–H and O–H groups in total. The van der Waals surface area contributed by atoms with Gasteiger partial charge in [-0.15, -0.1) is 0 Å². The maximum absolute atomic E-state index is 11.4. The van der Waals surface area contributed by atoms with E-state index in [-0.39, 0.29) is 5.78 Å². The summed E-state index contributed by atoms with van der Waals surface area (Å²) in [7, 11) is 0. The van der Waals surface area contributed by atoms with Gasteiger partial charge < -0.3 is 5.11 Å². The van der Waals surface area contributed by atoms with Crippen LogP contribution in [0.4, 0.5) is 0 Å². The first kappa shape index (κ1) is 12.3. The lowest BCUT2D eigenvalue weighted by Gasteiger charge is -2.30. The average molecular weight is 232 g/mol. The van der Waals surface area contributed by atoms with E-state index >= 15 is 0 Å². The molecule has 0 amide bonds. The predicted octanol–water partition coefficient (Wildman–Crippen LogP) is 3.29. The van der Waals surface area contributed by atoms with Crippen LogP contribution in [-0.2, 0) is 5.60 Å². The van der Waals surface area contributed by atoms with Crippen LogP contribution in [0.2, 0.25) is 0 Å². The van der Waals surface area contributed by atoms with Gasteiger partial charge in [0.25, 0.3) is 0 Å². The first-order valence-electron chi connectivity index (χ1n) is 6.35. The summed E-state index contributed by atoms with van der Waals surface area (Å²) in [5, 5.41) is 10.7. The van der Waals surface area contributed by atoms with Gasteiger partial charge in [0.2, 0.25) is 0 Å². The molecule has 0 aromatic heterocycles. The van der Waals surface area contributed by atoms with Gasteiger partial charge in [-0.3, -0.25) is 4.79 Å². The molecule has 17 heavy (non-hydrogen) atoms. The van der Waals surface area contributed by atoms with Crippen molar-refractivity contribution in [2.75, 3.05) is 0 Å². The second-order valence-electron chi connectivity index (χ2n) is 5.27. The van der Waals surface area contributed by atoms with E-state index in [0.29, 0.717) is 11.5 Å². The van der Waals surface area contributed by atoms with E-state index in [4.69, 9.17) is 0 Å². The fourth-order valence-electron chi connectivity index (χ4n) is 2.78. The first-order valence-corrected chi connectivity index (χ1v) is 6.35. The van der Waals surface area contributed by atoms with Crippen LogP contribution in [0.5, 0.6) is 0 Å². The summed E-state index contributed by atoms with van der Waals surface area (Å²) in [4.78, 5) is 11.4. The molecule has 2 rings (SSSR count). The van der Waals surface area contributed by atoms with E-state index in [1.807, 2.05) is 25.1 Å². The van der Waals surface area contributed by atoms with Crippen molar-refractivity contribution in [1.82, 2.24) is 0 Å². The minimum atomic E-state index is -0.804. The molecular weight excluding hydrogens is 212 g/mol. The normalized spacial score (nSPS) is 20.2. The number of carbonyl (C=O) groups excluding carboxylic acids is 1. The molecule has 1 saturated carbocycles. The molecule has 0 radical (unpaired) electrons. The zero-order chi connectivity index (χ0) is 12.5. The number of Topliss-reactive ketones (excluding diaryl/α,β-unsaturated/α-hetero) is 1. The van der Waals surface area contributed by atoms with Crippen molar-refractivity contribution in [2.45, 2.75) is 45.1 Å². The number of rotatable bonds is 3. The summed E-state index contributed by atoms with van der Waals surface area (Å²) >= 11 is 0. The van der Waals surface area contributed by atoms with Crippen molar-refractivity contribution < 1.29 is 9.90 Å². The van der Waals surface area contributed by atoms with Crippen molar-refractivity contribution in [3.05, 3.63) is 35.4 Å². The highest BCUT2D eigenvalue weighted by atomic mass is 16.3. The molecule has 0 spiro atoms. The third kappa shape index (κ3) is 2.42. The lowest BCUT2D eigenvalue weighted by molar-refractivity contribution is -0.00335. The number of carbonyl (C=O) groups is 1. The highest BCUT2D eigenvalue weighted by Gasteiger charge is 2.35. The number of hydrogen-bond donors (Lipinski definition) is 1. The molecule has 1 aromatic rings. The molecule has 0 bridgehead atoms. The molecule has 2 heteroatoms. The van der Waals surface area contributed by atoms with Crippen LogP contribution < -0.4 is 0 Å². The SMILES string of the molecule is CC(=O)c1cccc(C(C)(O)C2CCCC2)c1. The van der Waals surface area contributed by atoms with Gasteiger partial charge in [-0.2, -0.15) is 0 Å². The summed E-state index contributed by atoms with van der Waals surface area (Å²) in [5.41, 5.74) is 0.750. The minimum Gasteiger partial charge on any atom is -0.385 e. The molecule has 1 aliphatic rings. The van der Waals surface area contributed by atoms with Crippen LogP contribution in [0.15, 0.2) is 24.3 Å². The Kier molecular flexibility index (Phi) is 3.34. The van der Waals surface area contributed by atoms with Gasteiger partial charge in [-0.25, -0.2) is 0 Å². The zero-order valence-electron chi connectivity index (χ0n) is 10.6. The van der Waals surface area contributed by atoms with Crippen LogP contribution in [0.1, 0.15) is 55.5 Å². The van der Waals surface area contributed by atoms with Gasteiger partial charge in [0.15, 0.2) is 5.78 Å². The van der Waals surface area contributed by atoms with Crippen LogP contribution in [0.3, 0.4) is 0 Å². The fraction of sp³-hybridized carbons (Fsp3) is 0.533. The van der Waals surface area contributed by atoms with Gasteiger partial charge in [-0.1, -0.05) is 31.0 Å². The summed E-state index contributed by atoms with van der Waals surface area (Å²) in [5.74, 6) is 0.374. The monoisotopic (exact) mass is 232 g/mol. The molecule has 1 atom stereocenters. The summed E-state index contributed by atoms with van der Waals surface area (Å²) in [6.07, 6.45) is 4.56. The minimum absolute atomic E-state index is 0.0501. The Labute approximate surface area is 103 Å². The van der Waals surface area contributed by atoms with Crippen molar-refractivity contribution in [2.24, 2.45) is 5.92 Å². The second kappa shape index (κ2) is 4.61. The Morgan fingerprint density at radius 1 is 1.35 bits per heavy atom. The average Bonchev–Trinajstić information content (AvgIpc) is 2.83. The maximum atomic E-state index is 11.4. The smallest absolute Gasteiger partial charge is 0.159 e. The highest BCUT2D eigenvalue weighted by molar-refractivity contribution is 5.94. The van der Waals surface area contributed by atoms with Crippen molar-refractivity contribution >= 4 is 5.78 Å². The zero-order valence-corrected chi connectivity index (χ0v) is 10.6. The van der Waals surface area contributed by atoms with Crippen LogP contribution in [0, 0.1) is 5.92 Å². The Morgan fingerprint density at radius 3 is 2.59 bits per heavy atom. The number of ketones is 1. The summed E-state index contributed by atoms with van der Waals surface area (Å²) in [6, 6.07) is 7.41. The van der Waals surface area contributed by atoms with Gasteiger partial charge in [0.1, 0.15) is 0 Å². The first-order chi connectivity index (χ1) is 8.01. The molecular formula is C15H20O2. The third-order valence-corrected chi connectivity index (χ3v) is 4.00. The summed E-state index contributed by atoms with van der Waals surface area (Å²) in [6.45, 7) is 3.44.